The van der Waals surface area contributed by atoms with Gasteiger partial charge in [-0.15, -0.1) is 0 Å². The summed E-state index contributed by atoms with van der Waals surface area (Å²) in [5, 5.41) is 3.70. The molecule has 18 heavy (non-hydrogen) atoms. The molecule has 0 heterocycles. The molecule has 1 N–H and O–H groups in total. The quantitative estimate of drug-likeness (QED) is 0.796. The summed E-state index contributed by atoms with van der Waals surface area (Å²) in [7, 11) is 0. The van der Waals surface area contributed by atoms with E-state index in [1.807, 2.05) is 0 Å². The summed E-state index contributed by atoms with van der Waals surface area (Å²) in [6.45, 7) is 14.8. The van der Waals surface area contributed by atoms with Gasteiger partial charge in [-0.3, -0.25) is 0 Å². The lowest BCUT2D eigenvalue weighted by Gasteiger charge is -2.30. The number of rotatable bonds is 5. The first kappa shape index (κ1) is 15.2. The number of hydrogen-bond donors (Lipinski definition) is 1. The minimum absolute atomic E-state index is 0.206. The highest BCUT2D eigenvalue weighted by Crippen LogP contribution is 2.32. The molecule has 0 saturated carbocycles. The van der Waals surface area contributed by atoms with Crippen molar-refractivity contribution in [2.24, 2.45) is 5.92 Å². The zero-order chi connectivity index (χ0) is 13.8. The predicted molar refractivity (Wildman–Crippen MR) is 81.0 cm³/mol. The third-order valence-corrected chi connectivity index (χ3v) is 3.38. The van der Waals surface area contributed by atoms with Crippen LogP contribution in [0.4, 0.5) is 0 Å². The SMILES string of the molecule is CCCNC(c1ccccc1C(C)(C)C)C(C)C. The van der Waals surface area contributed by atoms with Crippen LogP contribution >= 0.6 is 0 Å². The fraction of sp³-hybridized carbons (Fsp3) is 0.647. The van der Waals surface area contributed by atoms with Crippen LogP contribution in [0.25, 0.3) is 0 Å². The molecular formula is C17H29N. The van der Waals surface area contributed by atoms with Crippen molar-refractivity contribution in [1.29, 1.82) is 0 Å². The van der Waals surface area contributed by atoms with E-state index in [9.17, 15) is 0 Å². The van der Waals surface area contributed by atoms with Crippen LogP contribution in [0.1, 0.15) is 65.1 Å². The van der Waals surface area contributed by atoms with Crippen molar-refractivity contribution in [3.8, 4) is 0 Å². The van der Waals surface area contributed by atoms with E-state index in [-0.39, 0.29) is 5.41 Å². The lowest BCUT2D eigenvalue weighted by Crippen LogP contribution is -2.29. The summed E-state index contributed by atoms with van der Waals surface area (Å²) in [5.74, 6) is 0.611. The van der Waals surface area contributed by atoms with E-state index >= 15 is 0 Å². The maximum Gasteiger partial charge on any atom is 0.0346 e. The third kappa shape index (κ3) is 3.84. The van der Waals surface area contributed by atoms with Gasteiger partial charge in [-0.05, 0) is 35.4 Å². The first-order chi connectivity index (χ1) is 8.38. The molecule has 1 aromatic carbocycles. The molecule has 1 atom stereocenters. The van der Waals surface area contributed by atoms with Crippen molar-refractivity contribution in [2.45, 2.75) is 59.4 Å². The summed E-state index contributed by atoms with van der Waals surface area (Å²) < 4.78 is 0. The van der Waals surface area contributed by atoms with Gasteiger partial charge in [0, 0.05) is 6.04 Å². The van der Waals surface area contributed by atoms with E-state index < -0.39 is 0 Å². The minimum atomic E-state index is 0.206. The van der Waals surface area contributed by atoms with Gasteiger partial charge >= 0.3 is 0 Å². The third-order valence-electron chi connectivity index (χ3n) is 3.38. The summed E-state index contributed by atoms with van der Waals surface area (Å²) in [6, 6.07) is 9.33. The van der Waals surface area contributed by atoms with Crippen LogP contribution in [-0.2, 0) is 5.41 Å². The Hall–Kier alpha value is -0.820. The minimum Gasteiger partial charge on any atom is -0.310 e. The molecule has 1 rings (SSSR count). The van der Waals surface area contributed by atoms with Gasteiger partial charge in [0.15, 0.2) is 0 Å². The Labute approximate surface area is 113 Å². The normalized spacial score (nSPS) is 13.9. The van der Waals surface area contributed by atoms with Gasteiger partial charge in [0.25, 0.3) is 0 Å². The fourth-order valence-electron chi connectivity index (χ4n) is 2.46. The van der Waals surface area contributed by atoms with Gasteiger partial charge in [-0.2, -0.15) is 0 Å². The van der Waals surface area contributed by atoms with Gasteiger partial charge in [-0.25, -0.2) is 0 Å². The van der Waals surface area contributed by atoms with E-state index in [4.69, 9.17) is 0 Å². The van der Waals surface area contributed by atoms with Crippen LogP contribution in [0.2, 0.25) is 0 Å². The monoisotopic (exact) mass is 247 g/mol. The second-order valence-electron chi connectivity index (χ2n) is 6.51. The molecule has 0 fully saturated rings. The zero-order valence-corrected chi connectivity index (χ0v) is 12.9. The number of hydrogen-bond acceptors (Lipinski definition) is 1. The van der Waals surface area contributed by atoms with E-state index in [2.05, 4.69) is 71.1 Å². The molecule has 0 saturated heterocycles. The topological polar surface area (TPSA) is 12.0 Å². The van der Waals surface area contributed by atoms with Crippen molar-refractivity contribution < 1.29 is 0 Å². The fourth-order valence-corrected chi connectivity index (χ4v) is 2.46. The van der Waals surface area contributed by atoms with Gasteiger partial charge in [0.2, 0.25) is 0 Å². The molecule has 0 aliphatic rings. The van der Waals surface area contributed by atoms with Gasteiger partial charge in [0.05, 0.1) is 0 Å². The molecule has 1 nitrogen and oxygen atoms in total. The average molecular weight is 247 g/mol. The van der Waals surface area contributed by atoms with Crippen LogP contribution < -0.4 is 5.32 Å². The van der Waals surface area contributed by atoms with Crippen LogP contribution in [0.5, 0.6) is 0 Å². The second-order valence-corrected chi connectivity index (χ2v) is 6.51. The predicted octanol–water partition coefficient (Wildman–Crippen LogP) is 4.68. The van der Waals surface area contributed by atoms with Crippen molar-refractivity contribution in [1.82, 2.24) is 5.32 Å². The smallest absolute Gasteiger partial charge is 0.0346 e. The van der Waals surface area contributed by atoms with E-state index in [1.165, 1.54) is 17.5 Å². The van der Waals surface area contributed by atoms with Crippen LogP contribution in [0.3, 0.4) is 0 Å². The van der Waals surface area contributed by atoms with E-state index in [0.29, 0.717) is 12.0 Å². The lowest BCUT2D eigenvalue weighted by molar-refractivity contribution is 0.404. The summed E-state index contributed by atoms with van der Waals surface area (Å²) in [6.07, 6.45) is 1.18. The second kappa shape index (κ2) is 6.38. The Morgan fingerprint density at radius 3 is 2.22 bits per heavy atom. The molecule has 0 bridgehead atoms. The molecule has 1 heteroatoms. The van der Waals surface area contributed by atoms with Crippen molar-refractivity contribution >= 4 is 0 Å². The molecular weight excluding hydrogens is 218 g/mol. The van der Waals surface area contributed by atoms with Crippen molar-refractivity contribution in [3.05, 3.63) is 35.4 Å². The lowest BCUT2D eigenvalue weighted by atomic mass is 9.80. The Bertz CT molecular complexity index is 360. The maximum absolute atomic E-state index is 3.70. The molecule has 1 unspecified atom stereocenters. The highest BCUT2D eigenvalue weighted by Gasteiger charge is 2.23. The van der Waals surface area contributed by atoms with Crippen molar-refractivity contribution in [3.63, 3.8) is 0 Å². The molecule has 0 aliphatic carbocycles. The Morgan fingerprint density at radius 2 is 1.72 bits per heavy atom. The van der Waals surface area contributed by atoms with Crippen molar-refractivity contribution in [2.75, 3.05) is 6.54 Å². The van der Waals surface area contributed by atoms with Crippen LogP contribution in [0, 0.1) is 5.92 Å². The first-order valence-corrected chi connectivity index (χ1v) is 7.20. The van der Waals surface area contributed by atoms with E-state index in [1.54, 1.807) is 0 Å². The Morgan fingerprint density at radius 1 is 1.11 bits per heavy atom. The largest absolute Gasteiger partial charge is 0.310 e. The molecule has 0 aliphatic heterocycles. The molecule has 0 aromatic heterocycles. The highest BCUT2D eigenvalue weighted by atomic mass is 14.9. The number of benzene rings is 1. The van der Waals surface area contributed by atoms with Crippen LogP contribution in [0.15, 0.2) is 24.3 Å². The van der Waals surface area contributed by atoms with Gasteiger partial charge in [0.1, 0.15) is 0 Å². The Balaban J connectivity index is 3.11. The van der Waals surface area contributed by atoms with Gasteiger partial charge < -0.3 is 5.32 Å². The summed E-state index contributed by atoms with van der Waals surface area (Å²) in [5.41, 5.74) is 3.14. The zero-order valence-electron chi connectivity index (χ0n) is 12.9. The summed E-state index contributed by atoms with van der Waals surface area (Å²) in [4.78, 5) is 0. The summed E-state index contributed by atoms with van der Waals surface area (Å²) >= 11 is 0. The standard InChI is InChI=1S/C17H29N/c1-7-12-18-16(13(2)3)14-10-8-9-11-15(14)17(4,5)6/h8-11,13,16,18H,7,12H2,1-6H3. The molecule has 0 radical (unpaired) electrons. The molecule has 102 valence electrons. The molecule has 0 amide bonds. The number of nitrogens with one attached hydrogen (secondary N) is 1. The average Bonchev–Trinajstić information content (AvgIpc) is 2.28. The van der Waals surface area contributed by atoms with Gasteiger partial charge in [-0.1, -0.05) is 65.8 Å². The molecule has 1 aromatic rings. The Kier molecular flexibility index (Phi) is 5.40. The first-order valence-electron chi connectivity index (χ1n) is 7.20. The van der Waals surface area contributed by atoms with Crippen LogP contribution in [-0.4, -0.2) is 6.54 Å². The van der Waals surface area contributed by atoms with E-state index in [0.717, 1.165) is 6.54 Å². The maximum atomic E-state index is 3.70. The highest BCUT2D eigenvalue weighted by molar-refractivity contribution is 5.35. The molecule has 0 spiro atoms.